The van der Waals surface area contributed by atoms with Crippen LogP contribution in [0.4, 0.5) is 5.69 Å². The Bertz CT molecular complexity index is 458. The summed E-state index contributed by atoms with van der Waals surface area (Å²) in [7, 11) is 2.17. The number of nitrogens with zero attached hydrogens (tertiary/aromatic N) is 3. The monoisotopic (exact) mass is 290 g/mol. The first-order chi connectivity index (χ1) is 10.0. The Balaban J connectivity index is 2.12. The molecule has 2 rings (SSSR count). The van der Waals surface area contributed by atoms with Crippen molar-refractivity contribution in [3.8, 4) is 0 Å². The molecule has 1 aromatic heterocycles. The van der Waals surface area contributed by atoms with E-state index in [4.69, 9.17) is 4.98 Å². The summed E-state index contributed by atoms with van der Waals surface area (Å²) in [6.07, 6.45) is 4.52. The van der Waals surface area contributed by atoms with Gasteiger partial charge in [0.2, 0.25) is 0 Å². The molecule has 1 fully saturated rings. The van der Waals surface area contributed by atoms with Crippen LogP contribution in [-0.4, -0.2) is 30.1 Å². The van der Waals surface area contributed by atoms with Crippen molar-refractivity contribution in [1.29, 1.82) is 0 Å². The van der Waals surface area contributed by atoms with Gasteiger partial charge in [0, 0.05) is 26.1 Å². The van der Waals surface area contributed by atoms with Gasteiger partial charge in [-0.2, -0.15) is 0 Å². The molecule has 0 radical (unpaired) electrons. The van der Waals surface area contributed by atoms with Crippen LogP contribution in [-0.2, 0) is 6.54 Å². The molecule has 0 bridgehead atoms. The molecular formula is C17H30N4. The van der Waals surface area contributed by atoms with Gasteiger partial charge < -0.3 is 10.2 Å². The molecule has 21 heavy (non-hydrogen) atoms. The summed E-state index contributed by atoms with van der Waals surface area (Å²) in [5.41, 5.74) is 2.32. The van der Waals surface area contributed by atoms with Gasteiger partial charge in [0.1, 0.15) is 5.82 Å². The molecule has 0 saturated heterocycles. The molecule has 0 aliphatic heterocycles. The Morgan fingerprint density at radius 1 is 1.43 bits per heavy atom. The van der Waals surface area contributed by atoms with Crippen LogP contribution in [0.25, 0.3) is 0 Å². The van der Waals surface area contributed by atoms with E-state index in [1.54, 1.807) is 0 Å². The van der Waals surface area contributed by atoms with E-state index in [2.05, 4.69) is 49.9 Å². The van der Waals surface area contributed by atoms with E-state index in [1.807, 2.05) is 6.20 Å². The molecule has 4 nitrogen and oxygen atoms in total. The van der Waals surface area contributed by atoms with Crippen molar-refractivity contribution in [2.45, 2.75) is 53.0 Å². The summed E-state index contributed by atoms with van der Waals surface area (Å²) in [6.45, 7) is 11.8. The summed E-state index contributed by atoms with van der Waals surface area (Å²) in [4.78, 5) is 11.7. The largest absolute Gasteiger partial charge is 0.372 e. The summed E-state index contributed by atoms with van der Waals surface area (Å²) in [6, 6.07) is 0. The highest BCUT2D eigenvalue weighted by Gasteiger charge is 2.33. The summed E-state index contributed by atoms with van der Waals surface area (Å²) in [5, 5.41) is 3.47. The lowest BCUT2D eigenvalue weighted by Crippen LogP contribution is -2.25. The van der Waals surface area contributed by atoms with Crippen LogP contribution in [0.2, 0.25) is 0 Å². The van der Waals surface area contributed by atoms with Gasteiger partial charge in [-0.05, 0) is 31.2 Å². The van der Waals surface area contributed by atoms with E-state index in [-0.39, 0.29) is 0 Å². The summed E-state index contributed by atoms with van der Waals surface area (Å²) >= 11 is 0. The number of rotatable bonds is 8. The first-order valence-electron chi connectivity index (χ1n) is 8.30. The molecule has 0 amide bonds. The quantitative estimate of drug-likeness (QED) is 0.747. The zero-order valence-corrected chi connectivity index (χ0v) is 14.2. The average molecular weight is 290 g/mol. The van der Waals surface area contributed by atoms with Gasteiger partial charge in [0.05, 0.1) is 17.6 Å². The third-order valence-corrected chi connectivity index (χ3v) is 4.30. The van der Waals surface area contributed by atoms with Crippen molar-refractivity contribution in [2.75, 3.05) is 25.0 Å². The van der Waals surface area contributed by atoms with Crippen LogP contribution >= 0.6 is 0 Å². The number of nitrogens with one attached hydrogen (secondary N) is 1. The van der Waals surface area contributed by atoms with Crippen molar-refractivity contribution >= 4 is 5.69 Å². The van der Waals surface area contributed by atoms with Crippen molar-refractivity contribution < 1.29 is 0 Å². The van der Waals surface area contributed by atoms with Gasteiger partial charge >= 0.3 is 0 Å². The minimum absolute atomic E-state index is 0.373. The van der Waals surface area contributed by atoms with E-state index in [0.29, 0.717) is 5.92 Å². The molecule has 2 unspecified atom stereocenters. The van der Waals surface area contributed by atoms with Crippen molar-refractivity contribution in [3.05, 3.63) is 17.7 Å². The average Bonchev–Trinajstić information content (AvgIpc) is 3.14. The molecular weight excluding hydrogens is 260 g/mol. The fraction of sp³-hybridized carbons (Fsp3) is 0.765. The Labute approximate surface area is 129 Å². The fourth-order valence-electron chi connectivity index (χ4n) is 2.64. The standard InChI is InChI=1S/C17H30N4/c1-6-7-18-9-15-16(10-19-17(20-15)12(2)3)21(5)11-14-8-13(14)4/h10,12-14,18H,6-9,11H2,1-5H3. The van der Waals surface area contributed by atoms with Crippen molar-refractivity contribution in [3.63, 3.8) is 0 Å². The van der Waals surface area contributed by atoms with Crippen molar-refractivity contribution in [2.24, 2.45) is 11.8 Å². The normalized spacial score (nSPS) is 20.9. The number of hydrogen-bond acceptors (Lipinski definition) is 4. The minimum atomic E-state index is 0.373. The lowest BCUT2D eigenvalue weighted by molar-refractivity contribution is 0.645. The first kappa shape index (κ1) is 16.2. The van der Waals surface area contributed by atoms with E-state index >= 15 is 0 Å². The maximum atomic E-state index is 4.80. The third kappa shape index (κ3) is 4.40. The van der Waals surface area contributed by atoms with Gasteiger partial charge in [-0.25, -0.2) is 9.97 Å². The molecule has 0 aromatic carbocycles. The molecule has 1 heterocycles. The maximum absolute atomic E-state index is 4.80. The Morgan fingerprint density at radius 2 is 2.14 bits per heavy atom. The van der Waals surface area contributed by atoms with Gasteiger partial charge in [-0.15, -0.1) is 0 Å². The van der Waals surface area contributed by atoms with Crippen LogP contribution in [0.1, 0.15) is 58.0 Å². The minimum Gasteiger partial charge on any atom is -0.372 e. The van der Waals surface area contributed by atoms with E-state index in [9.17, 15) is 0 Å². The SMILES string of the molecule is CCCNCc1nc(C(C)C)ncc1N(C)CC1CC1C. The van der Waals surface area contributed by atoms with Crippen molar-refractivity contribution in [1.82, 2.24) is 15.3 Å². The third-order valence-electron chi connectivity index (χ3n) is 4.30. The Hall–Kier alpha value is -1.16. The predicted molar refractivity (Wildman–Crippen MR) is 88.7 cm³/mol. The second kappa shape index (κ2) is 7.21. The lowest BCUT2D eigenvalue weighted by Gasteiger charge is -2.22. The lowest BCUT2D eigenvalue weighted by atomic mass is 10.2. The highest BCUT2D eigenvalue weighted by molar-refractivity contribution is 5.48. The molecule has 0 spiro atoms. The Kier molecular flexibility index (Phi) is 5.57. The molecule has 1 N–H and O–H groups in total. The first-order valence-corrected chi connectivity index (χ1v) is 8.30. The van der Waals surface area contributed by atoms with E-state index in [0.717, 1.165) is 49.4 Å². The number of aromatic nitrogens is 2. The van der Waals surface area contributed by atoms with Crippen LogP contribution in [0.15, 0.2) is 6.20 Å². The second-order valence-corrected chi connectivity index (χ2v) is 6.75. The zero-order valence-electron chi connectivity index (χ0n) is 14.2. The van der Waals surface area contributed by atoms with E-state index in [1.165, 1.54) is 12.1 Å². The molecule has 1 aliphatic rings. The molecule has 1 aliphatic carbocycles. The highest BCUT2D eigenvalue weighted by Crippen LogP contribution is 2.38. The van der Waals surface area contributed by atoms with Gasteiger partial charge in [-0.3, -0.25) is 0 Å². The summed E-state index contributed by atoms with van der Waals surface area (Å²) < 4.78 is 0. The second-order valence-electron chi connectivity index (χ2n) is 6.75. The number of anilines is 1. The fourth-order valence-corrected chi connectivity index (χ4v) is 2.64. The van der Waals surface area contributed by atoms with Crippen LogP contribution in [0.5, 0.6) is 0 Å². The molecule has 4 heteroatoms. The predicted octanol–water partition coefficient (Wildman–Crippen LogP) is 3.19. The molecule has 118 valence electrons. The smallest absolute Gasteiger partial charge is 0.131 e. The van der Waals surface area contributed by atoms with Gasteiger partial charge in [0.15, 0.2) is 0 Å². The van der Waals surface area contributed by atoms with Gasteiger partial charge in [0.25, 0.3) is 0 Å². The Morgan fingerprint density at radius 3 is 2.71 bits per heavy atom. The van der Waals surface area contributed by atoms with Gasteiger partial charge in [-0.1, -0.05) is 27.7 Å². The van der Waals surface area contributed by atoms with Crippen LogP contribution < -0.4 is 10.2 Å². The molecule has 1 saturated carbocycles. The maximum Gasteiger partial charge on any atom is 0.131 e. The number of hydrogen-bond donors (Lipinski definition) is 1. The molecule has 1 aromatic rings. The van der Waals surface area contributed by atoms with E-state index < -0.39 is 0 Å². The zero-order chi connectivity index (χ0) is 15.4. The highest BCUT2D eigenvalue weighted by atomic mass is 15.1. The topological polar surface area (TPSA) is 41.1 Å². The van der Waals surface area contributed by atoms with Crippen LogP contribution in [0.3, 0.4) is 0 Å². The summed E-state index contributed by atoms with van der Waals surface area (Å²) in [5.74, 6) is 3.04. The molecule has 2 atom stereocenters. The van der Waals surface area contributed by atoms with Crippen LogP contribution in [0, 0.1) is 11.8 Å².